The molecule has 2 saturated carbocycles. The van der Waals surface area contributed by atoms with Crippen LogP contribution in [0.25, 0.3) is 0 Å². The van der Waals surface area contributed by atoms with E-state index in [1.807, 2.05) is 12.5 Å². The fourth-order valence-corrected chi connectivity index (χ4v) is 2.17. The number of hydrogen-bond donors (Lipinski definition) is 2. The van der Waals surface area contributed by atoms with Gasteiger partial charge in [-0.05, 0) is 32.1 Å². The molecule has 0 unspecified atom stereocenters. The number of aromatic nitrogens is 2. The molecule has 0 aliphatic heterocycles. The number of carbonyl (C=O) groups is 1. The first-order valence-corrected chi connectivity index (χ1v) is 7.33. The van der Waals surface area contributed by atoms with Crippen molar-refractivity contribution in [3.05, 3.63) is 18.2 Å². The molecule has 1 aromatic rings. The molecule has 104 valence electrons. The van der Waals surface area contributed by atoms with Gasteiger partial charge in [-0.15, -0.1) is 0 Å². The van der Waals surface area contributed by atoms with Gasteiger partial charge in [0.1, 0.15) is 0 Å². The lowest BCUT2D eigenvalue weighted by Crippen LogP contribution is -2.25. The van der Waals surface area contributed by atoms with Crippen LogP contribution in [0.5, 0.6) is 0 Å². The molecule has 0 bridgehead atoms. The highest BCUT2D eigenvalue weighted by Crippen LogP contribution is 2.19. The van der Waals surface area contributed by atoms with Crippen molar-refractivity contribution in [3.63, 3.8) is 0 Å². The van der Waals surface area contributed by atoms with E-state index in [1.54, 1.807) is 0 Å². The number of aryl methyl sites for hydroxylation is 1. The molecular formula is C14H22N4O. The summed E-state index contributed by atoms with van der Waals surface area (Å²) in [7, 11) is 0. The number of nitrogens with one attached hydrogen (secondary N) is 2. The first-order chi connectivity index (χ1) is 9.31. The standard InChI is InChI=1S/C14H22N4O/c19-14(17-12-5-6-12)2-1-7-18-10-15-8-13(18)9-16-11-3-4-11/h8,10-12,16H,1-7,9H2,(H,17,19). The average molecular weight is 262 g/mol. The first kappa shape index (κ1) is 12.7. The topological polar surface area (TPSA) is 59.0 Å². The lowest BCUT2D eigenvalue weighted by molar-refractivity contribution is -0.121. The van der Waals surface area contributed by atoms with E-state index in [2.05, 4.69) is 20.2 Å². The van der Waals surface area contributed by atoms with Crippen LogP contribution in [-0.2, 0) is 17.9 Å². The minimum absolute atomic E-state index is 0.195. The van der Waals surface area contributed by atoms with E-state index >= 15 is 0 Å². The molecule has 5 heteroatoms. The number of imidazole rings is 1. The molecule has 2 aliphatic carbocycles. The maximum absolute atomic E-state index is 11.6. The van der Waals surface area contributed by atoms with Crippen molar-refractivity contribution in [2.45, 2.75) is 63.7 Å². The van der Waals surface area contributed by atoms with Crippen molar-refractivity contribution < 1.29 is 4.79 Å². The van der Waals surface area contributed by atoms with E-state index in [-0.39, 0.29) is 5.91 Å². The monoisotopic (exact) mass is 262 g/mol. The summed E-state index contributed by atoms with van der Waals surface area (Å²) in [5.74, 6) is 0.195. The Kier molecular flexibility index (Phi) is 3.82. The van der Waals surface area contributed by atoms with Gasteiger partial charge in [0.15, 0.2) is 0 Å². The van der Waals surface area contributed by atoms with Gasteiger partial charge >= 0.3 is 0 Å². The van der Waals surface area contributed by atoms with Crippen LogP contribution in [-0.4, -0.2) is 27.5 Å². The van der Waals surface area contributed by atoms with E-state index in [4.69, 9.17) is 0 Å². The van der Waals surface area contributed by atoms with E-state index in [1.165, 1.54) is 18.5 Å². The van der Waals surface area contributed by atoms with Crippen molar-refractivity contribution in [3.8, 4) is 0 Å². The van der Waals surface area contributed by atoms with Gasteiger partial charge in [-0.2, -0.15) is 0 Å². The van der Waals surface area contributed by atoms with Crippen LogP contribution in [0.1, 0.15) is 44.2 Å². The summed E-state index contributed by atoms with van der Waals surface area (Å²) < 4.78 is 2.15. The molecule has 0 aromatic carbocycles. The Bertz CT molecular complexity index is 434. The van der Waals surface area contributed by atoms with Crippen LogP contribution in [0.3, 0.4) is 0 Å². The van der Waals surface area contributed by atoms with Crippen LogP contribution < -0.4 is 10.6 Å². The van der Waals surface area contributed by atoms with Crippen molar-refractivity contribution in [1.82, 2.24) is 20.2 Å². The third kappa shape index (κ3) is 4.06. The SMILES string of the molecule is O=C(CCCn1cncc1CNC1CC1)NC1CC1. The highest BCUT2D eigenvalue weighted by atomic mass is 16.1. The second-order valence-electron chi connectivity index (χ2n) is 5.68. The van der Waals surface area contributed by atoms with Gasteiger partial charge in [0.25, 0.3) is 0 Å². The summed E-state index contributed by atoms with van der Waals surface area (Å²) in [6, 6.07) is 1.19. The number of carbonyl (C=O) groups excluding carboxylic acids is 1. The minimum atomic E-state index is 0.195. The largest absolute Gasteiger partial charge is 0.353 e. The van der Waals surface area contributed by atoms with E-state index < -0.39 is 0 Å². The maximum Gasteiger partial charge on any atom is 0.220 e. The smallest absolute Gasteiger partial charge is 0.220 e. The quantitative estimate of drug-likeness (QED) is 0.740. The van der Waals surface area contributed by atoms with Crippen molar-refractivity contribution in [2.24, 2.45) is 0 Å². The number of rotatable bonds is 8. The maximum atomic E-state index is 11.6. The predicted octanol–water partition coefficient (Wildman–Crippen LogP) is 1.19. The molecule has 0 atom stereocenters. The third-order valence-electron chi connectivity index (χ3n) is 3.69. The van der Waals surface area contributed by atoms with E-state index in [0.29, 0.717) is 18.5 Å². The lowest BCUT2D eigenvalue weighted by atomic mass is 10.3. The normalized spacial score (nSPS) is 18.5. The van der Waals surface area contributed by atoms with Gasteiger partial charge in [0.05, 0.1) is 12.0 Å². The first-order valence-electron chi connectivity index (χ1n) is 7.33. The number of hydrogen-bond acceptors (Lipinski definition) is 3. The van der Waals surface area contributed by atoms with Gasteiger partial charge in [0.2, 0.25) is 5.91 Å². The summed E-state index contributed by atoms with van der Waals surface area (Å²) in [5.41, 5.74) is 1.22. The molecule has 0 radical (unpaired) electrons. The fourth-order valence-electron chi connectivity index (χ4n) is 2.17. The van der Waals surface area contributed by atoms with Gasteiger partial charge in [0, 0.05) is 37.8 Å². The zero-order valence-corrected chi connectivity index (χ0v) is 11.3. The molecule has 5 nitrogen and oxygen atoms in total. The van der Waals surface area contributed by atoms with Gasteiger partial charge < -0.3 is 15.2 Å². The Labute approximate surface area is 113 Å². The summed E-state index contributed by atoms with van der Waals surface area (Å²) in [5, 5.41) is 6.51. The molecule has 2 fully saturated rings. The summed E-state index contributed by atoms with van der Waals surface area (Å²) in [6.45, 7) is 1.76. The molecule has 1 amide bonds. The number of nitrogens with zero attached hydrogens (tertiary/aromatic N) is 2. The summed E-state index contributed by atoms with van der Waals surface area (Å²) in [6.07, 6.45) is 10.2. The van der Waals surface area contributed by atoms with Crippen molar-refractivity contribution in [2.75, 3.05) is 0 Å². The Morgan fingerprint density at radius 2 is 2.11 bits per heavy atom. The van der Waals surface area contributed by atoms with Crippen molar-refractivity contribution in [1.29, 1.82) is 0 Å². The highest BCUT2D eigenvalue weighted by Gasteiger charge is 2.23. The molecule has 2 N–H and O–H groups in total. The fraction of sp³-hybridized carbons (Fsp3) is 0.714. The Balaban J connectivity index is 1.38. The third-order valence-corrected chi connectivity index (χ3v) is 3.69. The predicted molar refractivity (Wildman–Crippen MR) is 72.5 cm³/mol. The molecule has 19 heavy (non-hydrogen) atoms. The molecule has 1 aromatic heterocycles. The lowest BCUT2D eigenvalue weighted by Gasteiger charge is -2.09. The van der Waals surface area contributed by atoms with Crippen LogP contribution in [0.2, 0.25) is 0 Å². The molecule has 0 spiro atoms. The Morgan fingerprint density at radius 3 is 2.84 bits per heavy atom. The molecule has 1 heterocycles. The average Bonchev–Trinajstić information content (AvgIpc) is 3.30. The summed E-state index contributed by atoms with van der Waals surface area (Å²) >= 11 is 0. The van der Waals surface area contributed by atoms with Crippen LogP contribution >= 0.6 is 0 Å². The Morgan fingerprint density at radius 1 is 1.32 bits per heavy atom. The van der Waals surface area contributed by atoms with Gasteiger partial charge in [-0.3, -0.25) is 4.79 Å². The zero-order valence-electron chi connectivity index (χ0n) is 11.3. The molecular weight excluding hydrogens is 240 g/mol. The van der Waals surface area contributed by atoms with E-state index in [9.17, 15) is 4.79 Å². The molecule has 0 saturated heterocycles. The number of amides is 1. The summed E-state index contributed by atoms with van der Waals surface area (Å²) in [4.78, 5) is 15.8. The van der Waals surface area contributed by atoms with E-state index in [0.717, 1.165) is 32.4 Å². The molecule has 3 rings (SSSR count). The van der Waals surface area contributed by atoms with Crippen LogP contribution in [0.4, 0.5) is 0 Å². The second-order valence-corrected chi connectivity index (χ2v) is 5.68. The van der Waals surface area contributed by atoms with Crippen LogP contribution in [0, 0.1) is 0 Å². The second kappa shape index (κ2) is 5.74. The van der Waals surface area contributed by atoms with Crippen LogP contribution in [0.15, 0.2) is 12.5 Å². The minimum Gasteiger partial charge on any atom is -0.353 e. The van der Waals surface area contributed by atoms with Crippen molar-refractivity contribution >= 4 is 5.91 Å². The van der Waals surface area contributed by atoms with Gasteiger partial charge in [-0.1, -0.05) is 0 Å². The highest BCUT2D eigenvalue weighted by molar-refractivity contribution is 5.76. The molecule has 2 aliphatic rings. The Hall–Kier alpha value is -1.36. The van der Waals surface area contributed by atoms with Gasteiger partial charge in [-0.25, -0.2) is 4.98 Å². The zero-order chi connectivity index (χ0) is 13.1.